The van der Waals surface area contributed by atoms with Gasteiger partial charge in [0.15, 0.2) is 5.69 Å². The summed E-state index contributed by atoms with van der Waals surface area (Å²) in [6, 6.07) is 6.69. The van der Waals surface area contributed by atoms with E-state index in [9.17, 15) is 18.8 Å². The van der Waals surface area contributed by atoms with Gasteiger partial charge in [-0.15, -0.1) is 0 Å². The number of esters is 1. The number of nitrogens with zero attached hydrogens (tertiary/aromatic N) is 3. The number of hydrogen-bond donors (Lipinski definition) is 1. The minimum atomic E-state index is -0.808. The molecule has 0 fully saturated rings. The van der Waals surface area contributed by atoms with Gasteiger partial charge in [0.25, 0.3) is 0 Å². The van der Waals surface area contributed by atoms with Crippen LogP contribution < -0.4 is 5.32 Å². The van der Waals surface area contributed by atoms with Crippen molar-refractivity contribution in [3.63, 3.8) is 0 Å². The second kappa shape index (κ2) is 7.34. The number of carbonyl (C=O) groups is 3. The molecule has 2 heterocycles. The van der Waals surface area contributed by atoms with Gasteiger partial charge in [0.2, 0.25) is 0 Å². The smallest absolute Gasteiger partial charge is 0.358 e. The Kier molecular flexibility index (Phi) is 4.97. The van der Waals surface area contributed by atoms with E-state index in [4.69, 9.17) is 0 Å². The van der Waals surface area contributed by atoms with Crippen LogP contribution in [0.5, 0.6) is 0 Å². The molecule has 8 nitrogen and oxygen atoms in total. The highest BCUT2D eigenvalue weighted by atomic mass is 19.1. The maximum atomic E-state index is 12.9. The van der Waals surface area contributed by atoms with Crippen LogP contribution in [0.15, 0.2) is 30.3 Å². The largest absolute Gasteiger partial charge is 0.464 e. The fourth-order valence-corrected chi connectivity index (χ4v) is 2.70. The van der Waals surface area contributed by atoms with E-state index < -0.39 is 23.6 Å². The van der Waals surface area contributed by atoms with Gasteiger partial charge >= 0.3 is 17.8 Å². The molecule has 2 amide bonds. The number of fused-ring (bicyclic) bond motifs is 1. The molecule has 0 unspecified atom stereocenters. The van der Waals surface area contributed by atoms with Gasteiger partial charge in [-0.3, -0.25) is 14.3 Å². The van der Waals surface area contributed by atoms with Crippen LogP contribution in [0.2, 0.25) is 0 Å². The average Bonchev–Trinajstić information content (AvgIpc) is 2.94. The Morgan fingerprint density at radius 2 is 1.92 bits per heavy atom. The first-order valence-electron chi connectivity index (χ1n) is 7.99. The van der Waals surface area contributed by atoms with Crippen molar-refractivity contribution in [1.29, 1.82) is 0 Å². The summed E-state index contributed by atoms with van der Waals surface area (Å²) < 4.78 is 19.2. The lowest BCUT2D eigenvalue weighted by Gasteiger charge is -2.19. The number of ether oxygens (including phenoxy) is 1. The molecule has 0 atom stereocenters. The molecule has 0 radical (unpaired) electrons. The predicted octanol–water partition coefficient (Wildman–Crippen LogP) is 1.18. The lowest BCUT2D eigenvalue weighted by atomic mass is 10.3. The van der Waals surface area contributed by atoms with Gasteiger partial charge < -0.3 is 15.0 Å². The molecule has 0 aliphatic carbocycles. The Hall–Kier alpha value is -3.23. The fraction of sp³-hybridized carbons (Fsp3) is 0.294. The normalized spacial score (nSPS) is 13.5. The van der Waals surface area contributed by atoms with Crippen LogP contribution in [0.3, 0.4) is 0 Å². The van der Waals surface area contributed by atoms with Crippen molar-refractivity contribution in [3.8, 4) is 0 Å². The topological polar surface area (TPSA) is 93.5 Å². The Balaban J connectivity index is 1.71. The lowest BCUT2D eigenvalue weighted by Crippen LogP contribution is -2.39. The van der Waals surface area contributed by atoms with Crippen LogP contribution in [0.4, 0.5) is 10.1 Å². The molecule has 0 bridgehead atoms. The molecule has 1 aromatic carbocycles. The molecular formula is C17H17FN4O4. The quantitative estimate of drug-likeness (QED) is 0.641. The van der Waals surface area contributed by atoms with Crippen molar-refractivity contribution < 1.29 is 23.5 Å². The first kappa shape index (κ1) is 17.6. The number of methoxy groups -OCH3 is 1. The molecule has 0 saturated carbocycles. The highest BCUT2D eigenvalue weighted by Crippen LogP contribution is 2.15. The molecule has 9 heteroatoms. The number of halogens is 1. The molecule has 0 spiro atoms. The van der Waals surface area contributed by atoms with Crippen molar-refractivity contribution in [2.24, 2.45) is 0 Å². The Morgan fingerprint density at radius 1 is 1.19 bits per heavy atom. The van der Waals surface area contributed by atoms with Crippen LogP contribution in [-0.4, -0.2) is 46.1 Å². The third-order valence-electron chi connectivity index (χ3n) is 3.99. The highest BCUT2D eigenvalue weighted by Gasteiger charge is 2.26. The van der Waals surface area contributed by atoms with Crippen LogP contribution in [0.1, 0.15) is 22.6 Å². The first-order valence-corrected chi connectivity index (χ1v) is 7.99. The average molecular weight is 360 g/mol. The van der Waals surface area contributed by atoms with Crippen LogP contribution >= 0.6 is 0 Å². The number of aryl methyl sites for hydroxylation is 1. The minimum absolute atomic E-state index is 0.152. The molecular weight excluding hydrogens is 343 g/mol. The zero-order valence-electron chi connectivity index (χ0n) is 14.1. The van der Waals surface area contributed by atoms with Gasteiger partial charge in [0.05, 0.1) is 19.3 Å². The number of carbonyl (C=O) groups excluding carboxylic acids is 3. The Morgan fingerprint density at radius 3 is 2.62 bits per heavy atom. The zero-order chi connectivity index (χ0) is 18.7. The highest BCUT2D eigenvalue weighted by molar-refractivity contribution is 6.39. The van der Waals surface area contributed by atoms with E-state index in [0.717, 1.165) is 0 Å². The maximum Gasteiger partial charge on any atom is 0.358 e. The number of benzene rings is 1. The van der Waals surface area contributed by atoms with Crippen LogP contribution in [-0.2, 0) is 27.4 Å². The van der Waals surface area contributed by atoms with Gasteiger partial charge in [-0.25, -0.2) is 9.18 Å². The lowest BCUT2D eigenvalue weighted by molar-refractivity contribution is -0.143. The predicted molar refractivity (Wildman–Crippen MR) is 88.6 cm³/mol. The maximum absolute atomic E-state index is 12.9. The van der Waals surface area contributed by atoms with Gasteiger partial charge in [-0.2, -0.15) is 5.10 Å². The Bertz CT molecular complexity index is 847. The summed E-state index contributed by atoms with van der Waals surface area (Å²) >= 11 is 0. The summed E-state index contributed by atoms with van der Waals surface area (Å²) in [6.45, 7) is 1.06. The minimum Gasteiger partial charge on any atom is -0.464 e. The van der Waals surface area contributed by atoms with Gasteiger partial charge in [-0.05, 0) is 36.8 Å². The zero-order valence-corrected chi connectivity index (χ0v) is 14.1. The second-order valence-corrected chi connectivity index (χ2v) is 5.78. The molecule has 136 valence electrons. The number of anilines is 1. The fourth-order valence-electron chi connectivity index (χ4n) is 2.70. The number of hydrogen-bond acceptors (Lipinski definition) is 5. The van der Waals surface area contributed by atoms with E-state index in [1.165, 1.54) is 36.3 Å². The third kappa shape index (κ3) is 3.71. The number of amides is 2. The van der Waals surface area contributed by atoms with Crippen LogP contribution in [0.25, 0.3) is 0 Å². The Labute approximate surface area is 148 Å². The van der Waals surface area contributed by atoms with Crippen molar-refractivity contribution in [2.75, 3.05) is 19.0 Å². The van der Waals surface area contributed by atoms with Gasteiger partial charge in [-0.1, -0.05) is 0 Å². The van der Waals surface area contributed by atoms with E-state index in [0.29, 0.717) is 30.9 Å². The monoisotopic (exact) mass is 360 g/mol. The second-order valence-electron chi connectivity index (χ2n) is 5.78. The van der Waals surface area contributed by atoms with E-state index in [-0.39, 0.29) is 12.2 Å². The first-order chi connectivity index (χ1) is 12.5. The van der Waals surface area contributed by atoms with E-state index in [1.54, 1.807) is 10.7 Å². The third-order valence-corrected chi connectivity index (χ3v) is 3.99. The standard InChI is InChI=1S/C17H17FN4O4/c1-26-17(25)14-9-13-10-21(7-2-8-22(13)20-14)16(24)15(23)19-12-5-3-11(18)4-6-12/h3-6,9H,2,7-8,10H2,1H3,(H,19,23). The van der Waals surface area contributed by atoms with Crippen molar-refractivity contribution in [1.82, 2.24) is 14.7 Å². The van der Waals surface area contributed by atoms with E-state index in [2.05, 4.69) is 15.2 Å². The SMILES string of the molecule is COC(=O)c1cc2n(n1)CCCN(C(=O)C(=O)Nc1ccc(F)cc1)C2. The molecule has 2 aromatic rings. The molecule has 1 aliphatic rings. The van der Waals surface area contributed by atoms with E-state index >= 15 is 0 Å². The van der Waals surface area contributed by atoms with Crippen molar-refractivity contribution in [3.05, 3.63) is 47.5 Å². The van der Waals surface area contributed by atoms with Crippen LogP contribution in [0, 0.1) is 5.82 Å². The van der Waals surface area contributed by atoms with Gasteiger partial charge in [0.1, 0.15) is 5.82 Å². The summed E-state index contributed by atoms with van der Waals surface area (Å²) in [6.07, 6.45) is 0.588. The van der Waals surface area contributed by atoms with Gasteiger partial charge in [0, 0.05) is 18.8 Å². The summed E-state index contributed by atoms with van der Waals surface area (Å²) in [7, 11) is 1.27. The summed E-state index contributed by atoms with van der Waals surface area (Å²) in [4.78, 5) is 37.6. The van der Waals surface area contributed by atoms with Crippen molar-refractivity contribution >= 4 is 23.5 Å². The summed E-state index contributed by atoms with van der Waals surface area (Å²) in [5.74, 6) is -2.50. The molecule has 1 N–H and O–H groups in total. The summed E-state index contributed by atoms with van der Waals surface area (Å²) in [5.41, 5.74) is 1.14. The van der Waals surface area contributed by atoms with Crippen molar-refractivity contribution in [2.45, 2.75) is 19.5 Å². The molecule has 26 heavy (non-hydrogen) atoms. The molecule has 1 aromatic heterocycles. The molecule has 1 aliphatic heterocycles. The molecule has 0 saturated heterocycles. The number of aromatic nitrogens is 2. The number of nitrogens with one attached hydrogen (secondary N) is 1. The molecule has 3 rings (SSSR count). The number of rotatable bonds is 2. The van der Waals surface area contributed by atoms with E-state index in [1.807, 2.05) is 0 Å². The summed E-state index contributed by atoms with van der Waals surface area (Å²) in [5, 5.41) is 6.61.